The van der Waals surface area contributed by atoms with Crippen molar-refractivity contribution in [2.24, 2.45) is 0 Å². The van der Waals surface area contributed by atoms with Gasteiger partial charge in [0.05, 0.1) is 11.9 Å². The number of hydrogen-bond acceptors (Lipinski definition) is 3. The summed E-state index contributed by atoms with van der Waals surface area (Å²) in [7, 11) is -3.74. The predicted octanol–water partition coefficient (Wildman–Crippen LogP) is 5.65. The standard InChI is InChI=1S/C25H26ClN3O3S/c1-4-22(29(33(3,31)32)19-10-8-9-17(26)15-19)25(30)27-18-13-14-24-21(16-18)20-11-6-7-12-23(20)28(24)5-2/h6-16,22H,4-5H2,1-3H3,(H,27,30). The number of benzene rings is 3. The lowest BCUT2D eigenvalue weighted by molar-refractivity contribution is -0.117. The highest BCUT2D eigenvalue weighted by molar-refractivity contribution is 7.92. The van der Waals surface area contributed by atoms with Gasteiger partial charge >= 0.3 is 0 Å². The molecule has 4 rings (SSSR count). The van der Waals surface area contributed by atoms with Gasteiger partial charge in [0.1, 0.15) is 6.04 Å². The minimum Gasteiger partial charge on any atom is -0.341 e. The van der Waals surface area contributed by atoms with E-state index < -0.39 is 22.0 Å². The van der Waals surface area contributed by atoms with E-state index in [1.165, 1.54) is 0 Å². The van der Waals surface area contributed by atoms with Gasteiger partial charge in [-0.15, -0.1) is 0 Å². The molecule has 0 bridgehead atoms. The molecule has 0 aliphatic carbocycles. The maximum Gasteiger partial charge on any atom is 0.248 e. The van der Waals surface area contributed by atoms with Crippen molar-refractivity contribution in [2.75, 3.05) is 15.9 Å². The molecule has 3 aromatic carbocycles. The van der Waals surface area contributed by atoms with E-state index in [0.29, 0.717) is 22.8 Å². The number of amides is 1. The quantitative estimate of drug-likeness (QED) is 0.369. The van der Waals surface area contributed by atoms with Crippen LogP contribution in [-0.2, 0) is 21.4 Å². The molecule has 0 spiro atoms. The van der Waals surface area contributed by atoms with E-state index in [2.05, 4.69) is 28.9 Å². The first-order chi connectivity index (χ1) is 15.7. The smallest absolute Gasteiger partial charge is 0.248 e. The summed E-state index contributed by atoms with van der Waals surface area (Å²) in [5.74, 6) is -0.401. The van der Waals surface area contributed by atoms with Gasteiger partial charge in [-0.25, -0.2) is 8.42 Å². The zero-order chi connectivity index (χ0) is 23.8. The van der Waals surface area contributed by atoms with Crippen molar-refractivity contribution >= 4 is 60.7 Å². The van der Waals surface area contributed by atoms with Crippen LogP contribution in [0.3, 0.4) is 0 Å². The molecule has 0 aliphatic heterocycles. The Morgan fingerprint density at radius 2 is 1.73 bits per heavy atom. The second-order valence-corrected chi connectivity index (χ2v) is 10.2. The van der Waals surface area contributed by atoms with E-state index in [1.807, 2.05) is 30.3 Å². The molecule has 1 amide bonds. The van der Waals surface area contributed by atoms with Crippen molar-refractivity contribution < 1.29 is 13.2 Å². The van der Waals surface area contributed by atoms with Crippen LogP contribution >= 0.6 is 11.6 Å². The number of aryl methyl sites for hydroxylation is 1. The van der Waals surface area contributed by atoms with E-state index in [9.17, 15) is 13.2 Å². The molecule has 0 radical (unpaired) electrons. The van der Waals surface area contributed by atoms with Gasteiger partial charge in [-0.2, -0.15) is 0 Å². The number of para-hydroxylation sites is 1. The monoisotopic (exact) mass is 483 g/mol. The number of sulfonamides is 1. The Bertz CT molecular complexity index is 1450. The zero-order valence-electron chi connectivity index (χ0n) is 18.7. The second kappa shape index (κ2) is 9.08. The van der Waals surface area contributed by atoms with E-state index in [1.54, 1.807) is 31.2 Å². The molecule has 1 atom stereocenters. The maximum absolute atomic E-state index is 13.3. The molecule has 0 fully saturated rings. The van der Waals surface area contributed by atoms with Gasteiger partial charge in [-0.05, 0) is 55.8 Å². The maximum atomic E-state index is 13.3. The van der Waals surface area contributed by atoms with Crippen LogP contribution in [0.15, 0.2) is 66.7 Å². The first-order valence-corrected chi connectivity index (χ1v) is 13.0. The SMILES string of the molecule is CCC(C(=O)Nc1ccc2c(c1)c1ccccc1n2CC)N(c1cccc(Cl)c1)S(C)(=O)=O. The summed E-state index contributed by atoms with van der Waals surface area (Å²) in [4.78, 5) is 13.3. The van der Waals surface area contributed by atoms with Gasteiger partial charge in [0.2, 0.25) is 15.9 Å². The van der Waals surface area contributed by atoms with Crippen molar-refractivity contribution in [1.29, 1.82) is 0 Å². The average Bonchev–Trinajstić information content (AvgIpc) is 3.09. The third-order valence-electron chi connectivity index (χ3n) is 5.75. The third kappa shape index (κ3) is 4.43. The van der Waals surface area contributed by atoms with Crippen LogP contribution in [0.1, 0.15) is 20.3 Å². The van der Waals surface area contributed by atoms with Crippen LogP contribution in [0.2, 0.25) is 5.02 Å². The zero-order valence-corrected chi connectivity index (χ0v) is 20.3. The van der Waals surface area contributed by atoms with Crippen molar-refractivity contribution in [2.45, 2.75) is 32.9 Å². The summed E-state index contributed by atoms with van der Waals surface area (Å²) in [6.07, 6.45) is 1.39. The van der Waals surface area contributed by atoms with Crippen molar-refractivity contribution in [3.05, 3.63) is 71.8 Å². The van der Waals surface area contributed by atoms with Gasteiger partial charge in [-0.3, -0.25) is 9.10 Å². The summed E-state index contributed by atoms with van der Waals surface area (Å²) >= 11 is 6.09. The lowest BCUT2D eigenvalue weighted by Crippen LogP contribution is -2.47. The Morgan fingerprint density at radius 3 is 2.39 bits per heavy atom. The number of nitrogens with zero attached hydrogens (tertiary/aromatic N) is 2. The summed E-state index contributed by atoms with van der Waals surface area (Å²) in [5.41, 5.74) is 3.19. The van der Waals surface area contributed by atoms with Crippen molar-refractivity contribution in [1.82, 2.24) is 4.57 Å². The largest absolute Gasteiger partial charge is 0.341 e. The molecule has 1 unspecified atom stereocenters. The fourth-order valence-electron chi connectivity index (χ4n) is 4.37. The fourth-order valence-corrected chi connectivity index (χ4v) is 5.76. The number of aromatic nitrogens is 1. The molecule has 0 saturated heterocycles. The Hall–Kier alpha value is -3.03. The Labute approximate surface area is 198 Å². The molecule has 0 aliphatic rings. The third-order valence-corrected chi connectivity index (χ3v) is 7.16. The van der Waals surface area contributed by atoms with Crippen LogP contribution < -0.4 is 9.62 Å². The van der Waals surface area contributed by atoms with Crippen LogP contribution in [0, 0.1) is 0 Å². The van der Waals surface area contributed by atoms with E-state index in [4.69, 9.17) is 11.6 Å². The Balaban J connectivity index is 1.72. The molecular formula is C25H26ClN3O3S. The first kappa shape index (κ1) is 23.1. The number of hydrogen-bond donors (Lipinski definition) is 1. The number of carbonyl (C=O) groups excluding carboxylic acids is 1. The molecular weight excluding hydrogens is 458 g/mol. The fraction of sp³-hybridized carbons (Fsp3) is 0.240. The van der Waals surface area contributed by atoms with E-state index >= 15 is 0 Å². The predicted molar refractivity (Wildman–Crippen MR) is 137 cm³/mol. The number of rotatable bonds is 7. The Morgan fingerprint density at radius 1 is 1.00 bits per heavy atom. The molecule has 33 heavy (non-hydrogen) atoms. The van der Waals surface area contributed by atoms with Crippen molar-refractivity contribution in [3.63, 3.8) is 0 Å². The van der Waals surface area contributed by atoms with Gasteiger partial charge < -0.3 is 9.88 Å². The van der Waals surface area contributed by atoms with Gasteiger partial charge in [-0.1, -0.05) is 42.8 Å². The Kier molecular flexibility index (Phi) is 6.36. The molecule has 1 aromatic heterocycles. The van der Waals surface area contributed by atoms with E-state index in [0.717, 1.165) is 38.9 Å². The van der Waals surface area contributed by atoms with Gasteiger partial charge in [0, 0.05) is 39.1 Å². The molecule has 6 nitrogen and oxygen atoms in total. The van der Waals surface area contributed by atoms with Gasteiger partial charge in [0.15, 0.2) is 0 Å². The minimum absolute atomic E-state index is 0.294. The number of nitrogens with one attached hydrogen (secondary N) is 1. The normalized spacial score (nSPS) is 12.7. The number of anilines is 2. The van der Waals surface area contributed by atoms with E-state index in [-0.39, 0.29) is 0 Å². The van der Waals surface area contributed by atoms with Crippen LogP contribution in [0.25, 0.3) is 21.8 Å². The number of fused-ring (bicyclic) bond motifs is 3. The minimum atomic E-state index is -3.74. The second-order valence-electron chi connectivity index (χ2n) is 7.95. The number of carbonyl (C=O) groups is 1. The molecule has 0 saturated carbocycles. The molecule has 1 N–H and O–H groups in total. The van der Waals surface area contributed by atoms with Crippen molar-refractivity contribution in [3.8, 4) is 0 Å². The molecule has 8 heteroatoms. The summed E-state index contributed by atoms with van der Waals surface area (Å²) in [6, 6.07) is 19.5. The number of halogens is 1. The highest BCUT2D eigenvalue weighted by Crippen LogP contribution is 2.31. The lowest BCUT2D eigenvalue weighted by atomic mass is 10.1. The molecule has 4 aromatic rings. The highest BCUT2D eigenvalue weighted by atomic mass is 35.5. The average molecular weight is 484 g/mol. The highest BCUT2D eigenvalue weighted by Gasteiger charge is 2.31. The summed E-state index contributed by atoms with van der Waals surface area (Å²) in [6.45, 7) is 4.71. The molecule has 172 valence electrons. The first-order valence-electron chi connectivity index (χ1n) is 10.8. The lowest BCUT2D eigenvalue weighted by Gasteiger charge is -2.30. The molecule has 1 heterocycles. The summed E-state index contributed by atoms with van der Waals surface area (Å²) < 4.78 is 28.7. The van der Waals surface area contributed by atoms with Gasteiger partial charge in [0.25, 0.3) is 0 Å². The summed E-state index contributed by atoms with van der Waals surface area (Å²) in [5, 5.41) is 5.47. The van der Waals surface area contributed by atoms with Crippen LogP contribution in [0.4, 0.5) is 11.4 Å². The van der Waals surface area contributed by atoms with Crippen LogP contribution in [-0.4, -0.2) is 31.2 Å². The topological polar surface area (TPSA) is 71.4 Å². The van der Waals surface area contributed by atoms with Crippen LogP contribution in [0.5, 0.6) is 0 Å².